The number of nitrogens with one attached hydrogen (secondary N) is 2. The van der Waals surface area contributed by atoms with E-state index < -0.39 is 0 Å². The second-order valence-corrected chi connectivity index (χ2v) is 6.32. The lowest BCUT2D eigenvalue weighted by Gasteiger charge is -2.19. The summed E-state index contributed by atoms with van der Waals surface area (Å²) in [6.45, 7) is 8.70. The predicted molar refractivity (Wildman–Crippen MR) is 118 cm³/mol. The van der Waals surface area contributed by atoms with Crippen molar-refractivity contribution in [2.24, 2.45) is 12.0 Å². The number of rotatable bonds is 6. The summed E-state index contributed by atoms with van der Waals surface area (Å²) in [7, 11) is 1.95. The molecule has 1 atom stereocenters. The zero-order chi connectivity index (χ0) is 18.4. The Morgan fingerprint density at radius 1 is 1.41 bits per heavy atom. The summed E-state index contributed by atoms with van der Waals surface area (Å²) >= 11 is 0. The van der Waals surface area contributed by atoms with Gasteiger partial charge in [-0.25, -0.2) is 9.98 Å². The third-order valence-corrected chi connectivity index (χ3v) is 4.48. The van der Waals surface area contributed by atoms with Gasteiger partial charge in [-0.15, -0.1) is 40.8 Å². The Labute approximate surface area is 177 Å². The standard InChI is InChI=1S/C18H26N8.HI/c1-4-9-20-18(21-12-17-24-23-14(2)25(17)3)22-15-8-11-26(13-15)16-7-5-6-10-19-16;/h4-7,10,15H,1,8-9,11-13H2,2-3H3,(H2,20,21,22);1H. The molecule has 0 spiro atoms. The van der Waals surface area contributed by atoms with Crippen molar-refractivity contribution in [1.29, 1.82) is 0 Å². The zero-order valence-electron chi connectivity index (χ0n) is 15.8. The fourth-order valence-electron chi connectivity index (χ4n) is 2.88. The van der Waals surface area contributed by atoms with Crippen LogP contribution in [-0.4, -0.2) is 51.4 Å². The van der Waals surface area contributed by atoms with Crippen LogP contribution in [0.3, 0.4) is 0 Å². The molecule has 0 amide bonds. The van der Waals surface area contributed by atoms with Gasteiger partial charge in [-0.1, -0.05) is 12.1 Å². The number of nitrogens with zero attached hydrogens (tertiary/aromatic N) is 6. The molecule has 2 aromatic heterocycles. The number of anilines is 1. The first-order valence-electron chi connectivity index (χ1n) is 8.84. The fraction of sp³-hybridized carbons (Fsp3) is 0.444. The minimum atomic E-state index is 0. The molecule has 1 aliphatic heterocycles. The molecule has 3 heterocycles. The maximum atomic E-state index is 4.66. The molecule has 2 N–H and O–H groups in total. The van der Waals surface area contributed by atoms with E-state index in [0.29, 0.717) is 19.1 Å². The maximum absolute atomic E-state index is 4.66. The molecule has 0 aromatic carbocycles. The first kappa shape index (κ1) is 21.1. The van der Waals surface area contributed by atoms with Crippen LogP contribution in [0.25, 0.3) is 0 Å². The Kier molecular flexibility index (Phi) is 8.01. The molecule has 0 aliphatic carbocycles. The number of guanidine groups is 1. The zero-order valence-corrected chi connectivity index (χ0v) is 18.1. The van der Waals surface area contributed by atoms with Gasteiger partial charge in [0.15, 0.2) is 11.8 Å². The van der Waals surface area contributed by atoms with E-state index in [1.54, 1.807) is 0 Å². The Balaban J connectivity index is 0.00000261. The molecule has 2 aromatic rings. The highest BCUT2D eigenvalue weighted by molar-refractivity contribution is 14.0. The average molecular weight is 482 g/mol. The number of aryl methyl sites for hydroxylation is 1. The van der Waals surface area contributed by atoms with E-state index in [1.807, 2.05) is 49.0 Å². The number of aliphatic imine (C=N–C) groups is 1. The van der Waals surface area contributed by atoms with Crippen molar-refractivity contribution in [2.75, 3.05) is 24.5 Å². The van der Waals surface area contributed by atoms with E-state index in [4.69, 9.17) is 0 Å². The normalized spacial score (nSPS) is 16.7. The summed E-state index contributed by atoms with van der Waals surface area (Å²) in [6, 6.07) is 6.32. The Bertz CT molecular complexity index is 758. The predicted octanol–water partition coefficient (Wildman–Crippen LogP) is 1.64. The van der Waals surface area contributed by atoms with E-state index in [2.05, 4.69) is 42.3 Å². The van der Waals surface area contributed by atoms with Crippen molar-refractivity contribution in [3.63, 3.8) is 0 Å². The third-order valence-electron chi connectivity index (χ3n) is 4.48. The van der Waals surface area contributed by atoms with Crippen molar-refractivity contribution in [2.45, 2.75) is 25.9 Å². The molecule has 1 aliphatic rings. The minimum Gasteiger partial charge on any atom is -0.354 e. The van der Waals surface area contributed by atoms with Gasteiger partial charge in [-0.2, -0.15) is 0 Å². The van der Waals surface area contributed by atoms with Crippen LogP contribution in [0.5, 0.6) is 0 Å². The van der Waals surface area contributed by atoms with Gasteiger partial charge < -0.3 is 20.1 Å². The average Bonchev–Trinajstić information content (AvgIpc) is 3.26. The lowest BCUT2D eigenvalue weighted by Crippen LogP contribution is -2.44. The lowest BCUT2D eigenvalue weighted by molar-refractivity contribution is 0.648. The molecule has 0 radical (unpaired) electrons. The summed E-state index contributed by atoms with van der Waals surface area (Å²) in [6.07, 6.45) is 4.68. The van der Waals surface area contributed by atoms with Crippen LogP contribution in [0.2, 0.25) is 0 Å². The molecule has 146 valence electrons. The van der Waals surface area contributed by atoms with Crippen LogP contribution in [0.1, 0.15) is 18.1 Å². The summed E-state index contributed by atoms with van der Waals surface area (Å²) in [5.74, 6) is 3.50. The highest BCUT2D eigenvalue weighted by atomic mass is 127. The maximum Gasteiger partial charge on any atom is 0.192 e. The molecule has 8 nitrogen and oxygen atoms in total. The second kappa shape index (κ2) is 10.2. The van der Waals surface area contributed by atoms with E-state index in [9.17, 15) is 0 Å². The van der Waals surface area contributed by atoms with Gasteiger partial charge in [-0.3, -0.25) is 0 Å². The summed E-state index contributed by atoms with van der Waals surface area (Å²) in [5, 5.41) is 15.0. The van der Waals surface area contributed by atoms with Gasteiger partial charge in [0.25, 0.3) is 0 Å². The number of hydrogen-bond acceptors (Lipinski definition) is 5. The quantitative estimate of drug-likeness (QED) is 0.282. The van der Waals surface area contributed by atoms with Crippen LogP contribution < -0.4 is 15.5 Å². The summed E-state index contributed by atoms with van der Waals surface area (Å²) in [5.41, 5.74) is 0. The smallest absolute Gasteiger partial charge is 0.192 e. The molecule has 1 fully saturated rings. The van der Waals surface area contributed by atoms with Crippen LogP contribution in [0.4, 0.5) is 5.82 Å². The van der Waals surface area contributed by atoms with Gasteiger partial charge in [0.2, 0.25) is 0 Å². The fourth-order valence-corrected chi connectivity index (χ4v) is 2.88. The van der Waals surface area contributed by atoms with E-state index >= 15 is 0 Å². The summed E-state index contributed by atoms with van der Waals surface area (Å²) < 4.78 is 1.95. The van der Waals surface area contributed by atoms with Gasteiger partial charge in [0.1, 0.15) is 18.2 Å². The third kappa shape index (κ3) is 5.65. The Hall–Kier alpha value is -2.17. The minimum absolute atomic E-state index is 0. The van der Waals surface area contributed by atoms with Crippen molar-refractivity contribution in [1.82, 2.24) is 30.4 Å². The Morgan fingerprint density at radius 3 is 2.93 bits per heavy atom. The number of pyridine rings is 1. The monoisotopic (exact) mass is 482 g/mol. The largest absolute Gasteiger partial charge is 0.354 e. The second-order valence-electron chi connectivity index (χ2n) is 6.32. The molecule has 0 saturated carbocycles. The van der Waals surface area contributed by atoms with Gasteiger partial charge in [0, 0.05) is 38.9 Å². The molecule has 27 heavy (non-hydrogen) atoms. The van der Waals surface area contributed by atoms with Crippen molar-refractivity contribution in [3.8, 4) is 0 Å². The molecule has 3 rings (SSSR count). The van der Waals surface area contributed by atoms with Crippen LogP contribution >= 0.6 is 24.0 Å². The van der Waals surface area contributed by atoms with E-state index in [-0.39, 0.29) is 24.0 Å². The van der Waals surface area contributed by atoms with Gasteiger partial charge in [0.05, 0.1) is 0 Å². The number of hydrogen-bond donors (Lipinski definition) is 2. The van der Waals surface area contributed by atoms with Gasteiger partial charge >= 0.3 is 0 Å². The molecule has 1 unspecified atom stereocenters. The molecule has 9 heteroatoms. The van der Waals surface area contributed by atoms with Crippen LogP contribution in [-0.2, 0) is 13.6 Å². The lowest BCUT2D eigenvalue weighted by atomic mass is 10.3. The topological polar surface area (TPSA) is 83.3 Å². The number of aromatic nitrogens is 4. The van der Waals surface area contributed by atoms with E-state index in [0.717, 1.165) is 42.9 Å². The van der Waals surface area contributed by atoms with Crippen LogP contribution in [0.15, 0.2) is 42.0 Å². The molecule has 1 saturated heterocycles. The first-order valence-corrected chi connectivity index (χ1v) is 8.84. The van der Waals surface area contributed by atoms with Crippen LogP contribution in [0, 0.1) is 6.92 Å². The molecular formula is C18H27IN8. The SMILES string of the molecule is C=CCNC(=NCc1nnc(C)n1C)NC1CCN(c2ccccn2)C1.I. The Morgan fingerprint density at radius 2 is 2.26 bits per heavy atom. The highest BCUT2D eigenvalue weighted by Crippen LogP contribution is 2.17. The van der Waals surface area contributed by atoms with Crippen molar-refractivity contribution in [3.05, 3.63) is 48.7 Å². The van der Waals surface area contributed by atoms with E-state index in [1.165, 1.54) is 0 Å². The molecular weight excluding hydrogens is 455 g/mol. The highest BCUT2D eigenvalue weighted by Gasteiger charge is 2.24. The van der Waals surface area contributed by atoms with Gasteiger partial charge in [-0.05, 0) is 25.5 Å². The van der Waals surface area contributed by atoms with Crippen molar-refractivity contribution < 1.29 is 0 Å². The molecule has 0 bridgehead atoms. The van der Waals surface area contributed by atoms with Crippen molar-refractivity contribution >= 4 is 35.8 Å². The summed E-state index contributed by atoms with van der Waals surface area (Å²) in [4.78, 5) is 11.4. The number of halogens is 1. The first-order chi connectivity index (χ1) is 12.7.